The van der Waals surface area contributed by atoms with Gasteiger partial charge in [-0.2, -0.15) is 0 Å². The third-order valence-electron chi connectivity index (χ3n) is 3.43. The molecule has 0 saturated heterocycles. The maximum atomic E-state index is 6.30. The average molecular weight is 388 g/mol. The van der Waals surface area contributed by atoms with Gasteiger partial charge in [0.25, 0.3) is 0 Å². The monoisotopic (exact) mass is 386 g/mol. The van der Waals surface area contributed by atoms with Gasteiger partial charge in [0.1, 0.15) is 0 Å². The second-order valence-corrected chi connectivity index (χ2v) is 6.66. The van der Waals surface area contributed by atoms with E-state index in [9.17, 15) is 0 Å². The molecule has 2 aromatic rings. The molecule has 0 amide bonds. The van der Waals surface area contributed by atoms with Gasteiger partial charge in [0.05, 0.1) is 6.04 Å². The molecule has 2 rings (SSSR count). The van der Waals surface area contributed by atoms with Crippen molar-refractivity contribution in [2.45, 2.75) is 12.6 Å². The molecule has 0 aliphatic heterocycles. The lowest BCUT2D eigenvalue weighted by atomic mass is 10.0. The highest BCUT2D eigenvalue weighted by Crippen LogP contribution is 2.33. The molecule has 2 aromatic carbocycles. The SMILES string of the molecule is CN(Cc1ccc(Br)cc1)C(CN)c1c(Cl)cccc1Cl. The molecule has 0 bridgehead atoms. The van der Waals surface area contributed by atoms with Gasteiger partial charge in [-0.25, -0.2) is 0 Å². The first-order valence-corrected chi connectivity index (χ1v) is 8.16. The summed E-state index contributed by atoms with van der Waals surface area (Å²) in [7, 11) is 2.03. The van der Waals surface area contributed by atoms with Gasteiger partial charge in [-0.3, -0.25) is 4.90 Å². The number of likely N-dealkylation sites (N-methyl/N-ethyl adjacent to an activating group) is 1. The van der Waals surface area contributed by atoms with Crippen molar-refractivity contribution in [3.63, 3.8) is 0 Å². The molecule has 0 aliphatic rings. The Morgan fingerprint density at radius 1 is 1.10 bits per heavy atom. The van der Waals surface area contributed by atoms with Crippen molar-refractivity contribution in [2.75, 3.05) is 13.6 Å². The zero-order valence-electron chi connectivity index (χ0n) is 11.7. The third kappa shape index (κ3) is 4.21. The Kier molecular flexibility index (Phi) is 6.08. The molecule has 0 saturated carbocycles. The van der Waals surface area contributed by atoms with Crippen LogP contribution in [-0.4, -0.2) is 18.5 Å². The topological polar surface area (TPSA) is 29.3 Å². The molecule has 0 aromatic heterocycles. The minimum atomic E-state index is -0.0187. The number of hydrogen-bond donors (Lipinski definition) is 1. The lowest BCUT2D eigenvalue weighted by Gasteiger charge is -2.29. The summed E-state index contributed by atoms with van der Waals surface area (Å²) >= 11 is 16.0. The van der Waals surface area contributed by atoms with Crippen LogP contribution in [0, 0.1) is 0 Å². The predicted octanol–water partition coefficient (Wildman–Crippen LogP) is 4.89. The van der Waals surface area contributed by atoms with E-state index in [0.717, 1.165) is 16.6 Å². The maximum absolute atomic E-state index is 6.30. The van der Waals surface area contributed by atoms with E-state index in [4.69, 9.17) is 28.9 Å². The van der Waals surface area contributed by atoms with E-state index in [0.29, 0.717) is 16.6 Å². The lowest BCUT2D eigenvalue weighted by Crippen LogP contribution is -2.30. The maximum Gasteiger partial charge on any atom is 0.0500 e. The Labute approximate surface area is 144 Å². The van der Waals surface area contributed by atoms with Crippen LogP contribution in [0.15, 0.2) is 46.9 Å². The zero-order chi connectivity index (χ0) is 15.4. The normalized spacial score (nSPS) is 12.7. The average Bonchev–Trinajstić information content (AvgIpc) is 2.45. The van der Waals surface area contributed by atoms with Crippen molar-refractivity contribution >= 4 is 39.1 Å². The first-order chi connectivity index (χ1) is 10.0. The highest BCUT2D eigenvalue weighted by molar-refractivity contribution is 9.10. The van der Waals surface area contributed by atoms with Gasteiger partial charge >= 0.3 is 0 Å². The van der Waals surface area contributed by atoms with Gasteiger partial charge < -0.3 is 5.73 Å². The number of rotatable bonds is 5. The molecule has 2 nitrogen and oxygen atoms in total. The minimum absolute atomic E-state index is 0.0187. The van der Waals surface area contributed by atoms with Crippen LogP contribution in [-0.2, 0) is 6.54 Å². The molecule has 2 N–H and O–H groups in total. The molecule has 0 aliphatic carbocycles. The van der Waals surface area contributed by atoms with Crippen molar-refractivity contribution in [3.05, 3.63) is 68.1 Å². The Balaban J connectivity index is 2.22. The first kappa shape index (κ1) is 16.8. The molecule has 1 unspecified atom stereocenters. The van der Waals surface area contributed by atoms with Crippen LogP contribution in [0.4, 0.5) is 0 Å². The van der Waals surface area contributed by atoms with Gasteiger partial charge in [-0.15, -0.1) is 0 Å². The number of nitrogens with zero attached hydrogens (tertiary/aromatic N) is 1. The Hall–Kier alpha value is -0.580. The predicted molar refractivity (Wildman–Crippen MR) is 93.9 cm³/mol. The van der Waals surface area contributed by atoms with Crippen LogP contribution < -0.4 is 5.73 Å². The number of nitrogens with two attached hydrogens (primary N) is 1. The summed E-state index contributed by atoms with van der Waals surface area (Å²) < 4.78 is 1.07. The number of halogens is 3. The Morgan fingerprint density at radius 2 is 1.67 bits per heavy atom. The fourth-order valence-electron chi connectivity index (χ4n) is 2.34. The summed E-state index contributed by atoms with van der Waals surface area (Å²) in [6.45, 7) is 1.23. The van der Waals surface area contributed by atoms with Gasteiger partial charge in [0.15, 0.2) is 0 Å². The van der Waals surface area contributed by atoms with Crippen molar-refractivity contribution in [3.8, 4) is 0 Å². The van der Waals surface area contributed by atoms with Crippen LogP contribution in [0.25, 0.3) is 0 Å². The Bertz CT molecular complexity index is 581. The largest absolute Gasteiger partial charge is 0.329 e. The number of hydrogen-bond acceptors (Lipinski definition) is 2. The summed E-state index contributed by atoms with van der Waals surface area (Å²) in [5.41, 5.74) is 8.06. The van der Waals surface area contributed by atoms with Crippen molar-refractivity contribution in [1.29, 1.82) is 0 Å². The standard InChI is InChI=1S/C16H17BrCl2N2/c1-21(10-11-5-7-12(17)8-6-11)15(9-20)16-13(18)3-2-4-14(16)19/h2-8,15H,9-10,20H2,1H3. The van der Waals surface area contributed by atoms with Crippen molar-refractivity contribution < 1.29 is 0 Å². The van der Waals surface area contributed by atoms with E-state index in [1.54, 1.807) is 0 Å². The zero-order valence-corrected chi connectivity index (χ0v) is 14.8. The molecule has 112 valence electrons. The van der Waals surface area contributed by atoms with Gasteiger partial charge in [-0.1, -0.05) is 57.3 Å². The molecule has 21 heavy (non-hydrogen) atoms. The van der Waals surface area contributed by atoms with Crippen LogP contribution in [0.5, 0.6) is 0 Å². The molecule has 0 radical (unpaired) electrons. The van der Waals surface area contributed by atoms with Crippen molar-refractivity contribution in [2.24, 2.45) is 5.73 Å². The molecular weight excluding hydrogens is 371 g/mol. The molecule has 0 heterocycles. The second kappa shape index (κ2) is 7.61. The molecular formula is C16H17BrCl2N2. The summed E-state index contributed by atoms with van der Waals surface area (Å²) in [6, 6.07) is 13.8. The first-order valence-electron chi connectivity index (χ1n) is 6.61. The van der Waals surface area contributed by atoms with Crippen LogP contribution in [0.2, 0.25) is 10.0 Å². The van der Waals surface area contributed by atoms with Gasteiger partial charge in [-0.05, 0) is 36.9 Å². The fourth-order valence-corrected chi connectivity index (χ4v) is 3.25. The van der Waals surface area contributed by atoms with Crippen molar-refractivity contribution in [1.82, 2.24) is 4.90 Å². The second-order valence-electron chi connectivity index (χ2n) is 4.93. The van der Waals surface area contributed by atoms with Crippen LogP contribution in [0.1, 0.15) is 17.2 Å². The summed E-state index contributed by atoms with van der Waals surface area (Å²) in [5, 5.41) is 1.31. The third-order valence-corrected chi connectivity index (χ3v) is 4.62. The summed E-state index contributed by atoms with van der Waals surface area (Å²) in [4.78, 5) is 2.16. The van der Waals surface area contributed by atoms with E-state index >= 15 is 0 Å². The quantitative estimate of drug-likeness (QED) is 0.791. The van der Waals surface area contributed by atoms with E-state index in [1.807, 2.05) is 37.4 Å². The highest BCUT2D eigenvalue weighted by atomic mass is 79.9. The summed E-state index contributed by atoms with van der Waals surface area (Å²) in [5.74, 6) is 0. The fraction of sp³-hybridized carbons (Fsp3) is 0.250. The lowest BCUT2D eigenvalue weighted by molar-refractivity contribution is 0.242. The molecule has 1 atom stereocenters. The molecule has 5 heteroatoms. The van der Waals surface area contributed by atoms with Gasteiger partial charge in [0, 0.05) is 33.2 Å². The van der Waals surface area contributed by atoms with E-state index in [2.05, 4.69) is 33.0 Å². The van der Waals surface area contributed by atoms with E-state index < -0.39 is 0 Å². The summed E-state index contributed by atoms with van der Waals surface area (Å²) in [6.07, 6.45) is 0. The van der Waals surface area contributed by atoms with E-state index in [1.165, 1.54) is 5.56 Å². The minimum Gasteiger partial charge on any atom is -0.329 e. The highest BCUT2D eigenvalue weighted by Gasteiger charge is 2.21. The van der Waals surface area contributed by atoms with E-state index in [-0.39, 0.29) is 6.04 Å². The number of benzene rings is 2. The van der Waals surface area contributed by atoms with Crippen LogP contribution in [0.3, 0.4) is 0 Å². The Morgan fingerprint density at radius 3 is 2.19 bits per heavy atom. The van der Waals surface area contributed by atoms with Gasteiger partial charge in [0.2, 0.25) is 0 Å². The smallest absolute Gasteiger partial charge is 0.0500 e. The molecule has 0 fully saturated rings. The molecule has 0 spiro atoms. The van der Waals surface area contributed by atoms with Crippen LogP contribution >= 0.6 is 39.1 Å².